The van der Waals surface area contributed by atoms with Crippen molar-refractivity contribution in [2.75, 3.05) is 6.79 Å². The lowest BCUT2D eigenvalue weighted by Gasteiger charge is -2.13. The number of benzene rings is 2. The molecule has 0 unspecified atom stereocenters. The molecule has 1 atom stereocenters. The van der Waals surface area contributed by atoms with Crippen LogP contribution in [0.25, 0.3) is 0 Å². The summed E-state index contributed by atoms with van der Waals surface area (Å²) in [5.41, 5.74) is 1.88. The molecule has 2 aromatic rings. The molecule has 100 valence electrons. The molecule has 3 heteroatoms. The number of hydrogen-bond donors (Lipinski definition) is 1. The second-order valence-electron chi connectivity index (χ2n) is 4.31. The van der Waals surface area contributed by atoms with Gasteiger partial charge in [0.2, 0.25) is 0 Å². The third-order valence-electron chi connectivity index (χ3n) is 2.78. The summed E-state index contributed by atoms with van der Waals surface area (Å²) < 4.78 is 11.0. The maximum atomic E-state index is 9.62. The predicted molar refractivity (Wildman–Crippen MR) is 73.8 cm³/mol. The summed E-state index contributed by atoms with van der Waals surface area (Å²) >= 11 is 0. The monoisotopic (exact) mass is 258 g/mol. The Labute approximate surface area is 113 Å². The third kappa shape index (κ3) is 4.09. The van der Waals surface area contributed by atoms with Crippen molar-refractivity contribution < 1.29 is 14.6 Å². The fraction of sp³-hybridized carbons (Fsp3) is 0.250. The normalized spacial score (nSPS) is 12.1. The van der Waals surface area contributed by atoms with Gasteiger partial charge in [0.05, 0.1) is 12.7 Å². The number of rotatable bonds is 6. The van der Waals surface area contributed by atoms with E-state index >= 15 is 0 Å². The molecule has 0 aliphatic carbocycles. The molecule has 0 aliphatic heterocycles. The largest absolute Gasteiger partial charge is 0.467 e. The second kappa shape index (κ2) is 6.92. The van der Waals surface area contributed by atoms with Crippen LogP contribution in [0, 0.1) is 0 Å². The highest BCUT2D eigenvalue weighted by molar-refractivity contribution is 5.34. The second-order valence-corrected chi connectivity index (χ2v) is 4.31. The highest BCUT2D eigenvalue weighted by atomic mass is 16.7. The first-order chi connectivity index (χ1) is 9.27. The third-order valence-corrected chi connectivity index (χ3v) is 2.78. The van der Waals surface area contributed by atoms with E-state index < -0.39 is 6.10 Å². The van der Waals surface area contributed by atoms with Gasteiger partial charge in [-0.15, -0.1) is 0 Å². The van der Waals surface area contributed by atoms with Crippen LogP contribution in [0.4, 0.5) is 0 Å². The summed E-state index contributed by atoms with van der Waals surface area (Å²) in [7, 11) is 0. The van der Waals surface area contributed by atoms with E-state index in [0.717, 1.165) is 11.1 Å². The summed E-state index contributed by atoms with van der Waals surface area (Å²) in [5, 5.41) is 9.62. The maximum Gasteiger partial charge on any atom is 0.189 e. The zero-order chi connectivity index (χ0) is 13.5. The van der Waals surface area contributed by atoms with Gasteiger partial charge in [-0.25, -0.2) is 0 Å². The Hall–Kier alpha value is -1.84. The van der Waals surface area contributed by atoms with Crippen LogP contribution >= 0.6 is 0 Å². The van der Waals surface area contributed by atoms with Gasteiger partial charge < -0.3 is 14.6 Å². The Balaban J connectivity index is 1.83. The van der Waals surface area contributed by atoms with E-state index in [1.165, 1.54) is 0 Å². The van der Waals surface area contributed by atoms with Crippen LogP contribution in [0.2, 0.25) is 0 Å². The SMILES string of the molecule is C[C@H](O)c1ccccc1OCOCc1ccccc1. The van der Waals surface area contributed by atoms with Gasteiger partial charge in [0, 0.05) is 5.56 Å². The van der Waals surface area contributed by atoms with Crippen molar-refractivity contribution in [3.8, 4) is 5.75 Å². The minimum atomic E-state index is -0.551. The molecular formula is C16H18O3. The van der Waals surface area contributed by atoms with Crippen LogP contribution in [0.1, 0.15) is 24.2 Å². The Morgan fingerprint density at radius 1 is 1.00 bits per heavy atom. The average Bonchev–Trinajstić information content (AvgIpc) is 2.45. The lowest BCUT2D eigenvalue weighted by molar-refractivity contribution is 0.00343. The minimum absolute atomic E-state index is 0.165. The van der Waals surface area contributed by atoms with Crippen molar-refractivity contribution in [1.29, 1.82) is 0 Å². The molecule has 2 aromatic carbocycles. The molecule has 1 N–H and O–H groups in total. The Morgan fingerprint density at radius 3 is 2.42 bits per heavy atom. The molecule has 2 rings (SSSR count). The van der Waals surface area contributed by atoms with Gasteiger partial charge in [0.25, 0.3) is 0 Å². The average molecular weight is 258 g/mol. The van der Waals surface area contributed by atoms with E-state index in [2.05, 4.69) is 0 Å². The summed E-state index contributed by atoms with van der Waals surface area (Å²) in [5.74, 6) is 0.658. The summed E-state index contributed by atoms with van der Waals surface area (Å²) in [6.45, 7) is 2.39. The van der Waals surface area contributed by atoms with Gasteiger partial charge in [-0.05, 0) is 18.6 Å². The van der Waals surface area contributed by atoms with Crippen LogP contribution in [0.15, 0.2) is 54.6 Å². The van der Waals surface area contributed by atoms with Crippen molar-refractivity contribution in [2.24, 2.45) is 0 Å². The van der Waals surface area contributed by atoms with Crippen LogP contribution in [-0.4, -0.2) is 11.9 Å². The Bertz CT molecular complexity index is 494. The number of hydrogen-bond acceptors (Lipinski definition) is 3. The molecule has 0 aromatic heterocycles. The molecule has 0 saturated carbocycles. The fourth-order valence-corrected chi connectivity index (χ4v) is 1.80. The number of ether oxygens (including phenoxy) is 2. The van der Waals surface area contributed by atoms with Crippen LogP contribution in [0.3, 0.4) is 0 Å². The standard InChI is InChI=1S/C16H18O3/c1-13(17)15-9-5-6-10-16(15)19-12-18-11-14-7-3-2-4-8-14/h2-10,13,17H,11-12H2,1H3/t13-/m0/s1. The molecule has 0 heterocycles. The van der Waals surface area contributed by atoms with Crippen LogP contribution in [-0.2, 0) is 11.3 Å². The molecule has 0 radical (unpaired) electrons. The Morgan fingerprint density at radius 2 is 1.68 bits per heavy atom. The molecule has 0 spiro atoms. The van der Waals surface area contributed by atoms with Crippen molar-refractivity contribution in [3.05, 3.63) is 65.7 Å². The number of aliphatic hydroxyl groups excluding tert-OH is 1. The highest BCUT2D eigenvalue weighted by Gasteiger charge is 2.07. The van der Waals surface area contributed by atoms with Crippen LogP contribution in [0.5, 0.6) is 5.75 Å². The topological polar surface area (TPSA) is 38.7 Å². The van der Waals surface area contributed by atoms with Gasteiger partial charge in [-0.3, -0.25) is 0 Å². The minimum Gasteiger partial charge on any atom is -0.467 e. The van der Waals surface area contributed by atoms with E-state index in [1.54, 1.807) is 6.92 Å². The van der Waals surface area contributed by atoms with Gasteiger partial charge >= 0.3 is 0 Å². The van der Waals surface area contributed by atoms with Gasteiger partial charge in [-0.1, -0.05) is 48.5 Å². The van der Waals surface area contributed by atoms with E-state index in [-0.39, 0.29) is 6.79 Å². The van der Waals surface area contributed by atoms with Gasteiger partial charge in [0.15, 0.2) is 6.79 Å². The van der Waals surface area contributed by atoms with Gasteiger partial charge in [-0.2, -0.15) is 0 Å². The summed E-state index contributed by atoms with van der Waals surface area (Å²) in [6.07, 6.45) is -0.551. The lowest BCUT2D eigenvalue weighted by Crippen LogP contribution is -2.05. The van der Waals surface area contributed by atoms with E-state index in [0.29, 0.717) is 12.4 Å². The lowest BCUT2D eigenvalue weighted by atomic mass is 10.1. The molecule has 0 aliphatic rings. The zero-order valence-electron chi connectivity index (χ0n) is 11.0. The molecule has 0 amide bonds. The molecule has 0 saturated heterocycles. The van der Waals surface area contributed by atoms with Crippen molar-refractivity contribution in [2.45, 2.75) is 19.6 Å². The molecule has 0 fully saturated rings. The summed E-state index contributed by atoms with van der Waals surface area (Å²) in [4.78, 5) is 0. The first kappa shape index (κ1) is 13.6. The number of para-hydroxylation sites is 1. The summed E-state index contributed by atoms with van der Waals surface area (Å²) in [6, 6.07) is 17.3. The van der Waals surface area contributed by atoms with Crippen LogP contribution < -0.4 is 4.74 Å². The van der Waals surface area contributed by atoms with E-state index in [1.807, 2.05) is 54.6 Å². The number of aliphatic hydroxyl groups is 1. The predicted octanol–water partition coefficient (Wildman–Crippen LogP) is 3.29. The van der Waals surface area contributed by atoms with E-state index in [4.69, 9.17) is 9.47 Å². The van der Waals surface area contributed by atoms with E-state index in [9.17, 15) is 5.11 Å². The molecular weight excluding hydrogens is 240 g/mol. The maximum absolute atomic E-state index is 9.62. The smallest absolute Gasteiger partial charge is 0.189 e. The molecule has 3 nitrogen and oxygen atoms in total. The van der Waals surface area contributed by atoms with Crippen molar-refractivity contribution in [3.63, 3.8) is 0 Å². The highest BCUT2D eigenvalue weighted by Crippen LogP contribution is 2.24. The van der Waals surface area contributed by atoms with Crippen molar-refractivity contribution in [1.82, 2.24) is 0 Å². The quantitative estimate of drug-likeness (QED) is 0.638. The Kier molecular flexibility index (Phi) is 4.95. The molecule has 0 bridgehead atoms. The first-order valence-electron chi connectivity index (χ1n) is 6.29. The van der Waals surface area contributed by atoms with Gasteiger partial charge in [0.1, 0.15) is 5.75 Å². The first-order valence-corrected chi connectivity index (χ1v) is 6.29. The van der Waals surface area contributed by atoms with Crippen molar-refractivity contribution >= 4 is 0 Å². The molecule has 19 heavy (non-hydrogen) atoms. The fourth-order valence-electron chi connectivity index (χ4n) is 1.80. The zero-order valence-corrected chi connectivity index (χ0v) is 11.0.